The van der Waals surface area contributed by atoms with E-state index < -0.39 is 0 Å². The molecule has 0 amide bonds. The third kappa shape index (κ3) is 3.76. The zero-order valence-corrected chi connectivity index (χ0v) is 12.1. The molecule has 0 aromatic carbocycles. The van der Waals surface area contributed by atoms with Crippen LogP contribution >= 0.6 is 61.1 Å². The zero-order chi connectivity index (χ0) is 8.48. The van der Waals surface area contributed by atoms with Gasteiger partial charge in [-0.25, -0.2) is 0 Å². The van der Waals surface area contributed by atoms with Crippen LogP contribution < -0.4 is 0 Å². The first-order valence-electron chi connectivity index (χ1n) is 3.39. The minimum atomic E-state index is 0.386. The Bertz CT molecular complexity index is 194. The van der Waals surface area contributed by atoms with Crippen molar-refractivity contribution in [3.8, 4) is 0 Å². The Morgan fingerprint density at radius 2 is 2.09 bits per heavy atom. The van der Waals surface area contributed by atoms with Gasteiger partial charge in [0.15, 0.2) is 0 Å². The van der Waals surface area contributed by atoms with Crippen molar-refractivity contribution in [1.82, 2.24) is 0 Å². The van der Waals surface area contributed by atoms with Crippen molar-refractivity contribution in [2.75, 3.05) is 0 Å². The monoisotopic (exact) mass is 438 g/mol. The van der Waals surface area contributed by atoms with Gasteiger partial charge in [0.2, 0.25) is 0 Å². The molecule has 0 N–H and O–H groups in total. The van der Waals surface area contributed by atoms with Crippen molar-refractivity contribution >= 4 is 61.1 Å². The molecule has 1 rings (SSSR count). The first-order chi connectivity index (χ1) is 4.99. The molecular formula is C8H9BrI2. The standard InChI is InChI=1S/C8H9BrI2/c1-8(11)4-6(9)2-3-7(10)5-8/h2-3H,4-5H2,1H3. The predicted octanol–water partition coefficient (Wildman–Crippen LogP) is 4.57. The zero-order valence-electron chi connectivity index (χ0n) is 6.20. The van der Waals surface area contributed by atoms with E-state index >= 15 is 0 Å². The summed E-state index contributed by atoms with van der Waals surface area (Å²) < 4.78 is 3.13. The average Bonchev–Trinajstić information content (AvgIpc) is 1.89. The van der Waals surface area contributed by atoms with E-state index in [9.17, 15) is 0 Å². The Balaban J connectivity index is 2.83. The summed E-state index contributed by atoms with van der Waals surface area (Å²) >= 11 is 8.49. The largest absolute Gasteiger partial charge is 0.0784 e. The second-order valence-corrected chi connectivity index (χ2v) is 8.00. The highest BCUT2D eigenvalue weighted by molar-refractivity contribution is 14.1. The molecule has 1 atom stereocenters. The molecule has 3 heteroatoms. The molecule has 11 heavy (non-hydrogen) atoms. The van der Waals surface area contributed by atoms with Crippen LogP contribution in [0.1, 0.15) is 19.8 Å². The third-order valence-corrected chi connectivity index (χ3v) is 3.57. The number of alkyl halides is 1. The molecule has 1 unspecified atom stereocenters. The lowest BCUT2D eigenvalue weighted by molar-refractivity contribution is 0.697. The van der Waals surface area contributed by atoms with Crippen molar-refractivity contribution < 1.29 is 0 Å². The molecule has 0 aromatic heterocycles. The van der Waals surface area contributed by atoms with Gasteiger partial charge in [-0.05, 0) is 50.4 Å². The van der Waals surface area contributed by atoms with Crippen LogP contribution in [0.4, 0.5) is 0 Å². The first kappa shape index (κ1) is 10.5. The minimum Gasteiger partial charge on any atom is -0.0784 e. The van der Waals surface area contributed by atoms with E-state index in [0.717, 1.165) is 6.42 Å². The van der Waals surface area contributed by atoms with Crippen LogP contribution in [-0.2, 0) is 0 Å². The highest BCUT2D eigenvalue weighted by Crippen LogP contribution is 2.38. The Morgan fingerprint density at radius 1 is 1.45 bits per heavy atom. The van der Waals surface area contributed by atoms with Gasteiger partial charge < -0.3 is 0 Å². The van der Waals surface area contributed by atoms with Gasteiger partial charge in [0.1, 0.15) is 0 Å². The van der Waals surface area contributed by atoms with Crippen molar-refractivity contribution in [2.24, 2.45) is 0 Å². The fraction of sp³-hybridized carbons (Fsp3) is 0.500. The highest BCUT2D eigenvalue weighted by atomic mass is 127. The Morgan fingerprint density at radius 3 is 2.73 bits per heavy atom. The number of hydrogen-bond donors (Lipinski definition) is 0. The van der Waals surface area contributed by atoms with Crippen LogP contribution in [0.2, 0.25) is 0 Å². The van der Waals surface area contributed by atoms with Crippen LogP contribution in [0.15, 0.2) is 20.2 Å². The van der Waals surface area contributed by atoms with Gasteiger partial charge in [0.05, 0.1) is 0 Å². The van der Waals surface area contributed by atoms with E-state index in [0.29, 0.717) is 3.42 Å². The summed E-state index contributed by atoms with van der Waals surface area (Å²) in [6.07, 6.45) is 6.66. The topological polar surface area (TPSA) is 0 Å². The number of allylic oxidation sites excluding steroid dienone is 4. The third-order valence-electron chi connectivity index (χ3n) is 1.52. The van der Waals surface area contributed by atoms with E-state index in [-0.39, 0.29) is 0 Å². The Labute approximate surface area is 103 Å². The minimum absolute atomic E-state index is 0.386. The van der Waals surface area contributed by atoms with Crippen molar-refractivity contribution in [1.29, 1.82) is 0 Å². The van der Waals surface area contributed by atoms with Gasteiger partial charge in [0.25, 0.3) is 0 Å². The molecule has 0 aromatic rings. The van der Waals surface area contributed by atoms with Crippen molar-refractivity contribution in [3.05, 3.63) is 20.2 Å². The van der Waals surface area contributed by atoms with Gasteiger partial charge >= 0.3 is 0 Å². The molecule has 0 bridgehead atoms. The molecule has 62 valence electrons. The summed E-state index contributed by atoms with van der Waals surface area (Å²) in [4.78, 5) is 0. The van der Waals surface area contributed by atoms with E-state index in [1.807, 2.05) is 0 Å². The highest BCUT2D eigenvalue weighted by Gasteiger charge is 2.23. The normalized spacial score (nSPS) is 32.4. The number of rotatable bonds is 0. The van der Waals surface area contributed by atoms with E-state index in [1.54, 1.807) is 0 Å². The van der Waals surface area contributed by atoms with Gasteiger partial charge in [-0.2, -0.15) is 0 Å². The summed E-state index contributed by atoms with van der Waals surface area (Å²) in [5.74, 6) is 0. The van der Waals surface area contributed by atoms with Gasteiger partial charge in [-0.3, -0.25) is 0 Å². The van der Waals surface area contributed by atoms with Crippen molar-refractivity contribution in [3.63, 3.8) is 0 Å². The molecule has 0 aliphatic heterocycles. The molecule has 0 spiro atoms. The molecule has 1 aliphatic rings. The molecule has 0 heterocycles. The molecular weight excluding hydrogens is 430 g/mol. The van der Waals surface area contributed by atoms with E-state index in [4.69, 9.17) is 0 Å². The summed E-state index contributed by atoms with van der Waals surface area (Å²) in [6, 6.07) is 0. The summed E-state index contributed by atoms with van der Waals surface area (Å²) in [5.41, 5.74) is 0. The predicted molar refractivity (Wildman–Crippen MR) is 70.8 cm³/mol. The summed E-state index contributed by atoms with van der Waals surface area (Å²) in [5, 5.41) is 0. The maximum absolute atomic E-state index is 3.55. The van der Waals surface area contributed by atoms with Gasteiger partial charge in [0, 0.05) is 3.42 Å². The number of halogens is 3. The first-order valence-corrected chi connectivity index (χ1v) is 6.34. The van der Waals surface area contributed by atoms with Crippen LogP contribution in [0.5, 0.6) is 0 Å². The summed E-state index contributed by atoms with van der Waals surface area (Å²) in [6.45, 7) is 2.29. The molecule has 0 saturated heterocycles. The summed E-state index contributed by atoms with van der Waals surface area (Å²) in [7, 11) is 0. The molecule has 0 fully saturated rings. The average molecular weight is 439 g/mol. The molecule has 0 radical (unpaired) electrons. The maximum atomic E-state index is 3.55. The van der Waals surface area contributed by atoms with Gasteiger partial charge in [-0.1, -0.05) is 50.7 Å². The quantitative estimate of drug-likeness (QED) is 0.384. The van der Waals surface area contributed by atoms with Crippen LogP contribution in [0.25, 0.3) is 0 Å². The lowest BCUT2D eigenvalue weighted by Gasteiger charge is -2.20. The SMILES string of the molecule is CC1(I)CC(Br)=CC=C(I)C1. The lowest BCUT2D eigenvalue weighted by Crippen LogP contribution is -2.13. The maximum Gasteiger partial charge on any atom is 0.0284 e. The van der Waals surface area contributed by atoms with E-state index in [1.165, 1.54) is 14.5 Å². The number of hydrogen-bond acceptors (Lipinski definition) is 0. The Kier molecular flexibility index (Phi) is 3.90. The molecule has 0 saturated carbocycles. The molecule has 1 aliphatic carbocycles. The Hall–Kier alpha value is 1.42. The van der Waals surface area contributed by atoms with Crippen molar-refractivity contribution in [2.45, 2.75) is 23.2 Å². The molecule has 0 nitrogen and oxygen atoms in total. The lowest BCUT2D eigenvalue weighted by atomic mass is 10.1. The smallest absolute Gasteiger partial charge is 0.0284 e. The fourth-order valence-electron chi connectivity index (χ4n) is 1.07. The van der Waals surface area contributed by atoms with Crippen LogP contribution in [0.3, 0.4) is 0 Å². The van der Waals surface area contributed by atoms with Crippen LogP contribution in [0, 0.1) is 0 Å². The second-order valence-electron chi connectivity index (χ2n) is 2.99. The fourth-order valence-corrected chi connectivity index (χ4v) is 4.91. The van der Waals surface area contributed by atoms with E-state index in [2.05, 4.69) is 80.2 Å². The second kappa shape index (κ2) is 4.09. The van der Waals surface area contributed by atoms with Crippen LogP contribution in [-0.4, -0.2) is 3.42 Å². The van der Waals surface area contributed by atoms with Gasteiger partial charge in [-0.15, -0.1) is 0 Å².